The molecule has 0 radical (unpaired) electrons. The minimum atomic E-state index is -1.48. The topological polar surface area (TPSA) is 78.8 Å². The van der Waals surface area contributed by atoms with Crippen LogP contribution in [-0.2, 0) is 20.9 Å². The van der Waals surface area contributed by atoms with Crippen LogP contribution in [0, 0.1) is 5.92 Å². The third-order valence-corrected chi connectivity index (χ3v) is 4.09. The van der Waals surface area contributed by atoms with Gasteiger partial charge in [0.2, 0.25) is 5.91 Å². The summed E-state index contributed by atoms with van der Waals surface area (Å²) >= 11 is 6.02. The van der Waals surface area contributed by atoms with Crippen LogP contribution in [0.15, 0.2) is 53.2 Å². The number of amides is 3. The summed E-state index contributed by atoms with van der Waals surface area (Å²) in [5.41, 5.74) is 1.57. The zero-order chi connectivity index (χ0) is 17.3. The van der Waals surface area contributed by atoms with Crippen LogP contribution in [0.25, 0.3) is 0 Å². The van der Waals surface area contributed by atoms with Crippen LogP contribution in [0.2, 0.25) is 5.02 Å². The van der Waals surface area contributed by atoms with Crippen molar-refractivity contribution in [3.63, 3.8) is 0 Å². The van der Waals surface area contributed by atoms with Gasteiger partial charge in [-0.3, -0.25) is 19.3 Å². The van der Waals surface area contributed by atoms with Crippen LogP contribution in [0.4, 0.5) is 0 Å². The molecule has 1 atom stereocenters. The second-order valence-electron chi connectivity index (χ2n) is 5.46. The van der Waals surface area contributed by atoms with E-state index in [4.69, 9.17) is 11.6 Å². The predicted octanol–water partition coefficient (Wildman–Crippen LogP) is 1.81. The summed E-state index contributed by atoms with van der Waals surface area (Å²) in [6.45, 7) is 1.95. The van der Waals surface area contributed by atoms with Crippen molar-refractivity contribution in [3.05, 3.63) is 58.8 Å². The average molecular weight is 344 g/mol. The number of fused-ring (bicyclic) bond motifs is 1. The lowest BCUT2D eigenvalue weighted by atomic mass is 10.0. The van der Waals surface area contributed by atoms with Crippen molar-refractivity contribution in [2.45, 2.75) is 13.5 Å². The first-order chi connectivity index (χ1) is 11.5. The molecule has 7 heteroatoms. The monoisotopic (exact) mass is 343 g/mol. The maximum absolute atomic E-state index is 12.5. The molecule has 1 unspecified atom stereocenters. The van der Waals surface area contributed by atoms with E-state index in [2.05, 4.69) is 10.3 Å². The highest BCUT2D eigenvalue weighted by molar-refractivity contribution is 6.31. The molecule has 1 N–H and O–H groups in total. The van der Waals surface area contributed by atoms with Crippen LogP contribution in [0.5, 0.6) is 0 Å². The fraction of sp³-hybridized carbons (Fsp3) is 0.176. The van der Waals surface area contributed by atoms with Gasteiger partial charge in [0.25, 0.3) is 11.8 Å². The van der Waals surface area contributed by atoms with Crippen LogP contribution < -0.4 is 5.32 Å². The van der Waals surface area contributed by atoms with E-state index >= 15 is 0 Å². The molecule has 2 heterocycles. The number of halogens is 1. The molecule has 0 fully saturated rings. The molecular formula is C17H14ClN3O3. The van der Waals surface area contributed by atoms with E-state index in [0.717, 1.165) is 5.57 Å². The molecule has 0 aliphatic carbocycles. The van der Waals surface area contributed by atoms with Crippen molar-refractivity contribution in [3.8, 4) is 0 Å². The van der Waals surface area contributed by atoms with Gasteiger partial charge in [0, 0.05) is 17.8 Å². The number of carbonyl (C=O) groups is 3. The van der Waals surface area contributed by atoms with Crippen LogP contribution in [-0.4, -0.2) is 28.5 Å². The Balaban J connectivity index is 1.76. The smallest absolute Gasteiger partial charge is 0.269 e. The Bertz CT molecular complexity index is 826. The maximum Gasteiger partial charge on any atom is 0.269 e. The summed E-state index contributed by atoms with van der Waals surface area (Å²) < 4.78 is 0. The Morgan fingerprint density at radius 1 is 1.33 bits per heavy atom. The Kier molecular flexibility index (Phi) is 4.31. The number of hydrogen-bond donors (Lipinski definition) is 1. The van der Waals surface area contributed by atoms with Crippen molar-refractivity contribution in [2.75, 3.05) is 0 Å². The molecule has 0 saturated carbocycles. The average Bonchev–Trinajstić information content (AvgIpc) is 2.53. The first-order valence-corrected chi connectivity index (χ1v) is 7.68. The molecular weight excluding hydrogens is 330 g/mol. The lowest BCUT2D eigenvalue weighted by Gasteiger charge is -2.28. The number of hydrogen-bond acceptors (Lipinski definition) is 3. The van der Waals surface area contributed by atoms with Gasteiger partial charge in [-0.2, -0.15) is 4.99 Å². The van der Waals surface area contributed by atoms with E-state index in [1.165, 1.54) is 11.1 Å². The number of amidine groups is 1. The largest absolute Gasteiger partial charge is 0.351 e. The van der Waals surface area contributed by atoms with Crippen molar-refractivity contribution < 1.29 is 14.4 Å². The van der Waals surface area contributed by atoms with Crippen molar-refractivity contribution in [2.24, 2.45) is 10.9 Å². The highest BCUT2D eigenvalue weighted by Gasteiger charge is 2.42. The number of rotatable bonds is 3. The predicted molar refractivity (Wildman–Crippen MR) is 89.0 cm³/mol. The van der Waals surface area contributed by atoms with Crippen molar-refractivity contribution >= 4 is 35.2 Å². The first-order valence-electron chi connectivity index (χ1n) is 7.30. The molecule has 0 bridgehead atoms. The molecule has 2 aliphatic heterocycles. The fourth-order valence-corrected chi connectivity index (χ4v) is 2.64. The third-order valence-electron chi connectivity index (χ3n) is 3.72. The number of nitrogens with one attached hydrogen (secondary N) is 1. The van der Waals surface area contributed by atoms with E-state index in [0.29, 0.717) is 10.6 Å². The molecule has 24 heavy (non-hydrogen) atoms. The number of benzene rings is 1. The summed E-state index contributed by atoms with van der Waals surface area (Å²) in [5.74, 6) is -3.30. The summed E-state index contributed by atoms with van der Waals surface area (Å²) in [6, 6.07) is 7.01. The Morgan fingerprint density at radius 2 is 2.08 bits per heavy atom. The molecule has 0 aromatic heterocycles. The van der Waals surface area contributed by atoms with E-state index in [9.17, 15) is 14.4 Å². The fourth-order valence-electron chi connectivity index (χ4n) is 2.43. The second kappa shape index (κ2) is 6.41. The normalized spacial score (nSPS) is 19.6. The Hall–Kier alpha value is -2.73. The lowest BCUT2D eigenvalue weighted by Crippen LogP contribution is -2.50. The molecule has 2 aliphatic rings. The summed E-state index contributed by atoms with van der Waals surface area (Å²) in [4.78, 5) is 41.9. The molecule has 6 nitrogen and oxygen atoms in total. The SMILES string of the molecule is CC1=CC2=NC(=O)C(C(=O)NCc3ccccc3Cl)C(=O)N2C=C1. The lowest BCUT2D eigenvalue weighted by molar-refractivity contribution is -0.144. The highest BCUT2D eigenvalue weighted by atomic mass is 35.5. The Morgan fingerprint density at radius 3 is 2.83 bits per heavy atom. The number of allylic oxidation sites excluding steroid dienone is 2. The quantitative estimate of drug-likeness (QED) is 0.850. The van der Waals surface area contributed by atoms with Gasteiger partial charge in [0.1, 0.15) is 5.84 Å². The van der Waals surface area contributed by atoms with E-state index in [1.807, 2.05) is 6.92 Å². The number of nitrogens with zero attached hydrogens (tertiary/aromatic N) is 2. The van der Waals surface area contributed by atoms with Gasteiger partial charge in [-0.25, -0.2) is 0 Å². The molecule has 0 saturated heterocycles. The molecule has 3 rings (SSSR count). The third kappa shape index (κ3) is 3.00. The summed E-state index contributed by atoms with van der Waals surface area (Å²) in [7, 11) is 0. The Labute approximate surface area is 143 Å². The van der Waals surface area contributed by atoms with Gasteiger partial charge in [0.05, 0.1) is 0 Å². The van der Waals surface area contributed by atoms with E-state index < -0.39 is 23.6 Å². The molecule has 1 aromatic carbocycles. The molecule has 3 amide bonds. The van der Waals surface area contributed by atoms with Crippen LogP contribution in [0.1, 0.15) is 12.5 Å². The van der Waals surface area contributed by atoms with Crippen LogP contribution >= 0.6 is 11.6 Å². The number of aliphatic imine (C=N–C) groups is 1. The molecule has 1 aromatic rings. The van der Waals surface area contributed by atoms with Gasteiger partial charge < -0.3 is 5.32 Å². The van der Waals surface area contributed by atoms with Gasteiger partial charge in [-0.05, 0) is 36.3 Å². The maximum atomic E-state index is 12.5. The number of carbonyl (C=O) groups excluding carboxylic acids is 3. The zero-order valence-electron chi connectivity index (χ0n) is 12.8. The van der Waals surface area contributed by atoms with Gasteiger partial charge >= 0.3 is 0 Å². The minimum Gasteiger partial charge on any atom is -0.351 e. The van der Waals surface area contributed by atoms with Gasteiger partial charge in [-0.1, -0.05) is 29.8 Å². The minimum absolute atomic E-state index is 0.126. The van der Waals surface area contributed by atoms with E-state index in [1.54, 1.807) is 36.4 Å². The van der Waals surface area contributed by atoms with Gasteiger partial charge in [0.15, 0.2) is 5.92 Å². The van der Waals surface area contributed by atoms with Crippen molar-refractivity contribution in [1.29, 1.82) is 0 Å². The molecule has 122 valence electrons. The first kappa shape index (κ1) is 16.1. The van der Waals surface area contributed by atoms with Gasteiger partial charge in [-0.15, -0.1) is 0 Å². The van der Waals surface area contributed by atoms with E-state index in [-0.39, 0.29) is 12.4 Å². The molecule has 0 spiro atoms. The second-order valence-corrected chi connectivity index (χ2v) is 5.87. The highest BCUT2D eigenvalue weighted by Crippen LogP contribution is 2.20. The summed E-state index contributed by atoms with van der Waals surface area (Å²) in [5, 5.41) is 3.07. The zero-order valence-corrected chi connectivity index (χ0v) is 13.6. The van der Waals surface area contributed by atoms with Crippen molar-refractivity contribution in [1.82, 2.24) is 10.2 Å². The standard InChI is InChI=1S/C17H14ClN3O3/c1-10-6-7-21-13(8-10)20-16(23)14(17(21)24)15(22)19-9-11-4-2-3-5-12(11)18/h2-8,14H,9H2,1H3,(H,19,22). The summed E-state index contributed by atoms with van der Waals surface area (Å²) in [6.07, 6.45) is 4.84. The van der Waals surface area contributed by atoms with Crippen LogP contribution in [0.3, 0.4) is 0 Å².